The van der Waals surface area contributed by atoms with E-state index in [2.05, 4.69) is 21.2 Å². The maximum Gasteiger partial charge on any atom is 0.335 e. The van der Waals surface area contributed by atoms with E-state index in [9.17, 15) is 9.59 Å². The fourth-order valence-corrected chi connectivity index (χ4v) is 2.84. The molecule has 0 heterocycles. The van der Waals surface area contributed by atoms with E-state index in [-0.39, 0.29) is 18.1 Å². The van der Waals surface area contributed by atoms with Crippen LogP contribution in [-0.2, 0) is 4.79 Å². The van der Waals surface area contributed by atoms with E-state index in [4.69, 9.17) is 9.84 Å². The fraction of sp³-hybridized carbons (Fsp3) is 0.176. The number of rotatable bonds is 5. The second-order valence-electron chi connectivity index (χ2n) is 5.09. The van der Waals surface area contributed by atoms with Gasteiger partial charge in [-0.1, -0.05) is 15.9 Å². The highest BCUT2D eigenvalue weighted by molar-refractivity contribution is 9.10. The van der Waals surface area contributed by atoms with Gasteiger partial charge in [-0.25, -0.2) is 4.79 Å². The third-order valence-corrected chi connectivity index (χ3v) is 3.65. The van der Waals surface area contributed by atoms with Crippen molar-refractivity contribution in [1.29, 1.82) is 0 Å². The Morgan fingerprint density at radius 1 is 1.13 bits per heavy atom. The van der Waals surface area contributed by atoms with E-state index in [1.807, 2.05) is 26.0 Å². The molecule has 2 aromatic rings. The van der Waals surface area contributed by atoms with Crippen molar-refractivity contribution in [2.24, 2.45) is 0 Å². The zero-order valence-electron chi connectivity index (χ0n) is 12.7. The summed E-state index contributed by atoms with van der Waals surface area (Å²) in [7, 11) is 0. The van der Waals surface area contributed by atoms with Crippen molar-refractivity contribution in [1.82, 2.24) is 0 Å². The SMILES string of the molecule is Cc1cc(Br)cc(C)c1OCC(=O)Nc1ccc(C(=O)O)cc1. The minimum Gasteiger partial charge on any atom is -0.483 e. The lowest BCUT2D eigenvalue weighted by molar-refractivity contribution is -0.118. The Morgan fingerprint density at radius 3 is 2.22 bits per heavy atom. The molecule has 0 aliphatic rings. The van der Waals surface area contributed by atoms with Crippen molar-refractivity contribution in [3.8, 4) is 5.75 Å². The molecule has 0 radical (unpaired) electrons. The Morgan fingerprint density at radius 2 is 1.70 bits per heavy atom. The lowest BCUT2D eigenvalue weighted by Crippen LogP contribution is -2.20. The van der Waals surface area contributed by atoms with Gasteiger partial charge in [-0.15, -0.1) is 0 Å². The molecule has 0 bridgehead atoms. The van der Waals surface area contributed by atoms with E-state index in [0.29, 0.717) is 11.4 Å². The molecule has 2 aromatic carbocycles. The summed E-state index contributed by atoms with van der Waals surface area (Å²) in [5.74, 6) is -0.633. The van der Waals surface area contributed by atoms with Crippen LogP contribution in [0.1, 0.15) is 21.5 Å². The molecule has 2 N–H and O–H groups in total. The molecule has 5 nitrogen and oxygen atoms in total. The van der Waals surface area contributed by atoms with Gasteiger partial charge >= 0.3 is 5.97 Å². The first kappa shape index (κ1) is 17.0. The molecule has 0 spiro atoms. The zero-order valence-corrected chi connectivity index (χ0v) is 14.3. The minimum absolute atomic E-state index is 0.121. The summed E-state index contributed by atoms with van der Waals surface area (Å²) in [5.41, 5.74) is 2.57. The Kier molecular flexibility index (Phi) is 5.39. The number of anilines is 1. The van der Waals surface area contributed by atoms with Gasteiger partial charge < -0.3 is 15.2 Å². The zero-order chi connectivity index (χ0) is 17.0. The molecule has 120 valence electrons. The molecule has 6 heteroatoms. The molecule has 0 saturated carbocycles. The predicted molar refractivity (Wildman–Crippen MR) is 91.1 cm³/mol. The number of ether oxygens (including phenoxy) is 1. The van der Waals surface area contributed by atoms with E-state index < -0.39 is 5.97 Å². The van der Waals surface area contributed by atoms with Crippen LogP contribution in [0.4, 0.5) is 5.69 Å². The largest absolute Gasteiger partial charge is 0.483 e. The van der Waals surface area contributed by atoms with E-state index >= 15 is 0 Å². The van der Waals surface area contributed by atoms with Gasteiger partial charge in [0.1, 0.15) is 5.75 Å². The number of aromatic carboxylic acids is 1. The highest BCUT2D eigenvalue weighted by Gasteiger charge is 2.09. The maximum absolute atomic E-state index is 11.9. The van der Waals surface area contributed by atoms with Gasteiger partial charge in [-0.3, -0.25) is 4.79 Å². The van der Waals surface area contributed by atoms with Crippen molar-refractivity contribution < 1.29 is 19.4 Å². The van der Waals surface area contributed by atoms with Crippen LogP contribution in [0.2, 0.25) is 0 Å². The average Bonchev–Trinajstić information content (AvgIpc) is 2.46. The average molecular weight is 378 g/mol. The van der Waals surface area contributed by atoms with Crippen molar-refractivity contribution >= 4 is 33.5 Å². The number of carbonyl (C=O) groups excluding carboxylic acids is 1. The molecule has 0 aliphatic carbocycles. The molecule has 0 aliphatic heterocycles. The third kappa shape index (κ3) is 4.56. The van der Waals surface area contributed by atoms with Gasteiger partial charge in [-0.2, -0.15) is 0 Å². The summed E-state index contributed by atoms with van der Waals surface area (Å²) in [6.07, 6.45) is 0. The monoisotopic (exact) mass is 377 g/mol. The molecular weight excluding hydrogens is 362 g/mol. The number of amides is 1. The highest BCUT2D eigenvalue weighted by Crippen LogP contribution is 2.27. The van der Waals surface area contributed by atoms with Crippen LogP contribution < -0.4 is 10.1 Å². The van der Waals surface area contributed by atoms with Crippen molar-refractivity contribution in [2.45, 2.75) is 13.8 Å². The molecular formula is C17H16BrNO4. The molecule has 0 unspecified atom stereocenters. The molecule has 0 fully saturated rings. The Hall–Kier alpha value is -2.34. The summed E-state index contributed by atoms with van der Waals surface area (Å²) in [4.78, 5) is 22.7. The smallest absolute Gasteiger partial charge is 0.335 e. The van der Waals surface area contributed by atoms with Gasteiger partial charge in [0.25, 0.3) is 5.91 Å². The number of hydrogen-bond acceptors (Lipinski definition) is 3. The molecule has 1 amide bonds. The Balaban J connectivity index is 1.96. The number of halogens is 1. The Bertz CT molecular complexity index is 718. The minimum atomic E-state index is -1.01. The van der Waals surface area contributed by atoms with Gasteiger partial charge in [0.05, 0.1) is 5.56 Å². The summed E-state index contributed by atoms with van der Waals surface area (Å²) < 4.78 is 6.55. The second-order valence-corrected chi connectivity index (χ2v) is 6.00. The third-order valence-electron chi connectivity index (χ3n) is 3.19. The summed E-state index contributed by atoms with van der Waals surface area (Å²) in [6, 6.07) is 9.79. The molecule has 23 heavy (non-hydrogen) atoms. The fourth-order valence-electron chi connectivity index (χ4n) is 2.16. The second kappa shape index (κ2) is 7.28. The van der Waals surface area contributed by atoms with Gasteiger partial charge in [0.15, 0.2) is 6.61 Å². The lowest BCUT2D eigenvalue weighted by atomic mass is 10.1. The first-order chi connectivity index (χ1) is 10.9. The van der Waals surface area contributed by atoms with Gasteiger partial charge in [0.2, 0.25) is 0 Å². The molecule has 0 aromatic heterocycles. The molecule has 0 saturated heterocycles. The molecule has 2 rings (SSSR count). The maximum atomic E-state index is 11.9. The van der Waals surface area contributed by atoms with Crippen LogP contribution in [-0.4, -0.2) is 23.6 Å². The van der Waals surface area contributed by atoms with Crippen molar-refractivity contribution in [3.05, 3.63) is 57.6 Å². The quantitative estimate of drug-likeness (QED) is 0.830. The van der Waals surface area contributed by atoms with E-state index in [1.165, 1.54) is 24.3 Å². The van der Waals surface area contributed by atoms with E-state index in [0.717, 1.165) is 15.6 Å². The van der Waals surface area contributed by atoms with Crippen LogP contribution >= 0.6 is 15.9 Å². The van der Waals surface area contributed by atoms with Crippen LogP contribution in [0.25, 0.3) is 0 Å². The van der Waals surface area contributed by atoms with Crippen LogP contribution in [0, 0.1) is 13.8 Å². The number of benzene rings is 2. The topological polar surface area (TPSA) is 75.6 Å². The Labute approximate surface area is 142 Å². The normalized spacial score (nSPS) is 10.2. The molecule has 0 atom stereocenters. The number of hydrogen-bond donors (Lipinski definition) is 2. The van der Waals surface area contributed by atoms with Crippen LogP contribution in [0.15, 0.2) is 40.9 Å². The van der Waals surface area contributed by atoms with Crippen molar-refractivity contribution in [3.63, 3.8) is 0 Å². The van der Waals surface area contributed by atoms with Gasteiger partial charge in [-0.05, 0) is 61.4 Å². The highest BCUT2D eigenvalue weighted by atomic mass is 79.9. The standard InChI is InChI=1S/C17H16BrNO4/c1-10-7-13(18)8-11(2)16(10)23-9-15(20)19-14-5-3-12(4-6-14)17(21)22/h3-8H,9H2,1-2H3,(H,19,20)(H,21,22). The lowest BCUT2D eigenvalue weighted by Gasteiger charge is -2.12. The number of nitrogens with one attached hydrogen (secondary N) is 1. The van der Waals surface area contributed by atoms with Gasteiger partial charge in [0, 0.05) is 10.2 Å². The van der Waals surface area contributed by atoms with Crippen LogP contribution in [0.5, 0.6) is 5.75 Å². The summed E-state index contributed by atoms with van der Waals surface area (Å²) in [5, 5.41) is 11.5. The number of carboxylic acids is 1. The first-order valence-electron chi connectivity index (χ1n) is 6.89. The number of aryl methyl sites for hydroxylation is 2. The number of carboxylic acid groups (broad SMARTS) is 1. The predicted octanol–water partition coefficient (Wildman–Crippen LogP) is 3.78. The number of carbonyl (C=O) groups is 2. The first-order valence-corrected chi connectivity index (χ1v) is 7.69. The van der Waals surface area contributed by atoms with E-state index in [1.54, 1.807) is 0 Å². The summed E-state index contributed by atoms with van der Waals surface area (Å²) >= 11 is 3.41. The van der Waals surface area contributed by atoms with Crippen molar-refractivity contribution in [2.75, 3.05) is 11.9 Å². The van der Waals surface area contributed by atoms with Crippen LogP contribution in [0.3, 0.4) is 0 Å². The summed E-state index contributed by atoms with van der Waals surface area (Å²) in [6.45, 7) is 3.70.